The molecule has 2 amide bonds. The Kier molecular flexibility index (Phi) is 5.60. The van der Waals surface area contributed by atoms with Crippen LogP contribution in [0, 0.1) is 10.1 Å². The Bertz CT molecular complexity index is 518. The van der Waals surface area contributed by atoms with Crippen LogP contribution in [-0.4, -0.2) is 36.5 Å². The van der Waals surface area contributed by atoms with Gasteiger partial charge in [0.25, 0.3) is 5.69 Å². The van der Waals surface area contributed by atoms with E-state index in [0.717, 1.165) is 0 Å². The van der Waals surface area contributed by atoms with E-state index in [9.17, 15) is 19.7 Å². The number of hydrogen-bond donors (Lipinski definition) is 2. The number of carbonyl (C=O) groups is 2. The number of methoxy groups -OCH3 is 1. The first-order valence-corrected chi connectivity index (χ1v) is 5.80. The Morgan fingerprint density at radius 2 is 2.00 bits per heavy atom. The zero-order valence-electron chi connectivity index (χ0n) is 11.1. The summed E-state index contributed by atoms with van der Waals surface area (Å²) in [7, 11) is 1.47. The Labute approximate surface area is 115 Å². The van der Waals surface area contributed by atoms with E-state index in [-0.39, 0.29) is 24.0 Å². The molecule has 20 heavy (non-hydrogen) atoms. The molecule has 0 bridgehead atoms. The summed E-state index contributed by atoms with van der Waals surface area (Å²) in [5.41, 5.74) is -0.310. The number of nitrogens with zero attached hydrogens (tertiary/aromatic N) is 1. The van der Waals surface area contributed by atoms with Crippen molar-refractivity contribution in [2.45, 2.75) is 13.0 Å². The number of nitro benzene ring substituents is 1. The van der Waals surface area contributed by atoms with Crippen LogP contribution < -0.4 is 10.6 Å². The summed E-state index contributed by atoms with van der Waals surface area (Å²) in [4.78, 5) is 33.3. The fraction of sp³-hybridized carbons (Fsp3) is 0.333. The van der Waals surface area contributed by atoms with E-state index in [1.807, 2.05) is 0 Å². The van der Waals surface area contributed by atoms with E-state index < -0.39 is 16.7 Å². The molecule has 0 saturated heterocycles. The molecule has 0 aliphatic carbocycles. The van der Waals surface area contributed by atoms with Gasteiger partial charge < -0.3 is 15.4 Å². The molecule has 1 aromatic rings. The van der Waals surface area contributed by atoms with Crippen LogP contribution in [0.1, 0.15) is 6.92 Å². The molecule has 0 aliphatic rings. The van der Waals surface area contributed by atoms with E-state index in [4.69, 9.17) is 4.74 Å². The number of para-hydroxylation sites is 2. The van der Waals surface area contributed by atoms with Crippen molar-refractivity contribution in [2.75, 3.05) is 19.0 Å². The minimum Gasteiger partial charge on any atom is -0.383 e. The average molecular weight is 281 g/mol. The lowest BCUT2D eigenvalue weighted by Crippen LogP contribution is -2.42. The maximum absolute atomic E-state index is 11.6. The van der Waals surface area contributed by atoms with Crippen LogP contribution in [0.4, 0.5) is 11.4 Å². The van der Waals surface area contributed by atoms with E-state index in [1.165, 1.54) is 31.4 Å². The monoisotopic (exact) mass is 281 g/mol. The van der Waals surface area contributed by atoms with Gasteiger partial charge in [0.2, 0.25) is 0 Å². The first-order chi connectivity index (χ1) is 9.45. The quantitative estimate of drug-likeness (QED) is 0.468. The molecule has 8 nitrogen and oxygen atoms in total. The van der Waals surface area contributed by atoms with Crippen molar-refractivity contribution >= 4 is 23.2 Å². The molecule has 1 rings (SSSR count). The number of rotatable bonds is 5. The lowest BCUT2D eigenvalue weighted by Gasteiger charge is -2.12. The second-order valence-corrected chi connectivity index (χ2v) is 4.06. The molecule has 0 spiro atoms. The highest BCUT2D eigenvalue weighted by molar-refractivity contribution is 6.39. The fourth-order valence-electron chi connectivity index (χ4n) is 1.50. The van der Waals surface area contributed by atoms with Gasteiger partial charge in [0, 0.05) is 19.2 Å². The van der Waals surface area contributed by atoms with Crippen LogP contribution >= 0.6 is 0 Å². The van der Waals surface area contributed by atoms with Crippen LogP contribution in [0.5, 0.6) is 0 Å². The smallest absolute Gasteiger partial charge is 0.313 e. The van der Waals surface area contributed by atoms with Gasteiger partial charge in [0.1, 0.15) is 5.69 Å². The van der Waals surface area contributed by atoms with Gasteiger partial charge in [-0.1, -0.05) is 12.1 Å². The van der Waals surface area contributed by atoms with Crippen molar-refractivity contribution in [3.05, 3.63) is 34.4 Å². The van der Waals surface area contributed by atoms with Crippen LogP contribution in [0.3, 0.4) is 0 Å². The molecule has 0 saturated carbocycles. The second-order valence-electron chi connectivity index (χ2n) is 4.06. The highest BCUT2D eigenvalue weighted by atomic mass is 16.6. The van der Waals surface area contributed by atoms with Gasteiger partial charge in [-0.05, 0) is 13.0 Å². The van der Waals surface area contributed by atoms with Gasteiger partial charge in [-0.3, -0.25) is 19.7 Å². The lowest BCUT2D eigenvalue weighted by molar-refractivity contribution is -0.383. The molecule has 0 aromatic heterocycles. The van der Waals surface area contributed by atoms with Crippen molar-refractivity contribution in [2.24, 2.45) is 0 Å². The van der Waals surface area contributed by atoms with Gasteiger partial charge in [-0.15, -0.1) is 0 Å². The van der Waals surface area contributed by atoms with Gasteiger partial charge >= 0.3 is 11.8 Å². The zero-order valence-corrected chi connectivity index (χ0v) is 11.1. The predicted octanol–water partition coefficient (Wildman–Crippen LogP) is 0.684. The van der Waals surface area contributed by atoms with Crippen molar-refractivity contribution in [3.8, 4) is 0 Å². The van der Waals surface area contributed by atoms with Crippen molar-refractivity contribution in [1.82, 2.24) is 5.32 Å². The molecule has 1 atom stereocenters. The van der Waals surface area contributed by atoms with Gasteiger partial charge in [0.15, 0.2) is 0 Å². The SMILES string of the molecule is COC[C@H](C)NC(=O)C(=O)Nc1ccccc1[N+](=O)[O-]. The Balaban J connectivity index is 2.71. The van der Waals surface area contributed by atoms with E-state index >= 15 is 0 Å². The highest BCUT2D eigenvalue weighted by Gasteiger charge is 2.20. The Morgan fingerprint density at radius 3 is 2.60 bits per heavy atom. The van der Waals surface area contributed by atoms with E-state index in [0.29, 0.717) is 0 Å². The molecule has 2 N–H and O–H groups in total. The topological polar surface area (TPSA) is 111 Å². The summed E-state index contributed by atoms with van der Waals surface area (Å²) in [5.74, 6) is -1.85. The molecular weight excluding hydrogens is 266 g/mol. The number of benzene rings is 1. The molecule has 108 valence electrons. The summed E-state index contributed by atoms with van der Waals surface area (Å²) in [5, 5.41) is 15.4. The Morgan fingerprint density at radius 1 is 1.35 bits per heavy atom. The normalized spacial score (nSPS) is 11.5. The number of amides is 2. The van der Waals surface area contributed by atoms with Gasteiger partial charge in [0.05, 0.1) is 11.5 Å². The number of nitro groups is 1. The largest absolute Gasteiger partial charge is 0.383 e. The van der Waals surface area contributed by atoms with Crippen molar-refractivity contribution in [1.29, 1.82) is 0 Å². The molecule has 0 fully saturated rings. The van der Waals surface area contributed by atoms with Crippen LogP contribution in [0.25, 0.3) is 0 Å². The summed E-state index contributed by atoms with van der Waals surface area (Å²) in [6.45, 7) is 1.92. The number of anilines is 1. The number of nitrogens with one attached hydrogen (secondary N) is 2. The first kappa shape index (κ1) is 15.6. The minimum absolute atomic E-state index is 0.0305. The standard InChI is InChI=1S/C12H15N3O5/c1-8(7-20-2)13-11(16)12(17)14-9-5-3-4-6-10(9)15(18)19/h3-6,8H,7H2,1-2H3,(H,13,16)(H,14,17)/t8-/m0/s1. The lowest BCUT2D eigenvalue weighted by atomic mass is 10.2. The average Bonchev–Trinajstić information content (AvgIpc) is 2.39. The predicted molar refractivity (Wildman–Crippen MR) is 71.2 cm³/mol. The third-order valence-corrected chi connectivity index (χ3v) is 2.35. The van der Waals surface area contributed by atoms with Crippen LogP contribution in [-0.2, 0) is 14.3 Å². The summed E-state index contributed by atoms with van der Waals surface area (Å²) in [6, 6.07) is 5.23. The molecule has 0 heterocycles. The maximum atomic E-state index is 11.6. The molecule has 0 radical (unpaired) electrons. The maximum Gasteiger partial charge on any atom is 0.313 e. The second kappa shape index (κ2) is 7.19. The highest BCUT2D eigenvalue weighted by Crippen LogP contribution is 2.22. The molecule has 8 heteroatoms. The van der Waals surface area contributed by atoms with Crippen molar-refractivity contribution < 1.29 is 19.2 Å². The number of carbonyl (C=O) groups excluding carboxylic acids is 2. The third kappa shape index (κ3) is 4.32. The summed E-state index contributed by atoms with van der Waals surface area (Å²) >= 11 is 0. The molecule has 0 unspecified atom stereocenters. The van der Waals surface area contributed by atoms with E-state index in [2.05, 4.69) is 10.6 Å². The molecular formula is C12H15N3O5. The Hall–Kier alpha value is -2.48. The third-order valence-electron chi connectivity index (χ3n) is 2.35. The van der Waals surface area contributed by atoms with Crippen LogP contribution in [0.15, 0.2) is 24.3 Å². The molecule has 0 aliphatic heterocycles. The van der Waals surface area contributed by atoms with Crippen molar-refractivity contribution in [3.63, 3.8) is 0 Å². The summed E-state index contributed by atoms with van der Waals surface area (Å²) in [6.07, 6.45) is 0. The fourth-order valence-corrected chi connectivity index (χ4v) is 1.50. The van der Waals surface area contributed by atoms with Gasteiger partial charge in [-0.2, -0.15) is 0 Å². The first-order valence-electron chi connectivity index (χ1n) is 5.80. The van der Waals surface area contributed by atoms with E-state index in [1.54, 1.807) is 6.92 Å². The number of hydrogen-bond acceptors (Lipinski definition) is 5. The minimum atomic E-state index is -0.970. The van der Waals surface area contributed by atoms with Crippen LogP contribution in [0.2, 0.25) is 0 Å². The zero-order chi connectivity index (χ0) is 15.1. The summed E-state index contributed by atoms with van der Waals surface area (Å²) < 4.78 is 4.82. The van der Waals surface area contributed by atoms with Gasteiger partial charge in [-0.25, -0.2) is 0 Å². The number of ether oxygens (including phenoxy) is 1. The molecule has 1 aromatic carbocycles.